The highest BCUT2D eigenvalue weighted by atomic mass is 35.5. The zero-order valence-corrected chi connectivity index (χ0v) is 21.0. The molecular formula is C26H22Cl2N4O4. The van der Waals surface area contributed by atoms with E-state index in [4.69, 9.17) is 27.9 Å². The van der Waals surface area contributed by atoms with Gasteiger partial charge in [-0.15, -0.1) is 0 Å². The van der Waals surface area contributed by atoms with Crippen LogP contribution in [-0.4, -0.2) is 20.6 Å². The van der Waals surface area contributed by atoms with Gasteiger partial charge in [0.1, 0.15) is 12.4 Å². The maximum absolute atomic E-state index is 12.9. The smallest absolute Gasteiger partial charge is 0.272 e. The van der Waals surface area contributed by atoms with Crippen LogP contribution in [0.15, 0.2) is 66.7 Å². The van der Waals surface area contributed by atoms with Gasteiger partial charge in [0.05, 0.1) is 11.5 Å². The van der Waals surface area contributed by atoms with Crippen LogP contribution < -0.4 is 10.1 Å². The number of rotatable bonds is 8. The Kier molecular flexibility index (Phi) is 7.57. The number of hydrogen-bond acceptors (Lipinski definition) is 5. The average molecular weight is 525 g/mol. The first-order chi connectivity index (χ1) is 17.2. The number of ether oxygens (including phenoxy) is 1. The molecule has 10 heteroatoms. The quantitative estimate of drug-likeness (QED) is 0.207. The van der Waals surface area contributed by atoms with Gasteiger partial charge in [-0.1, -0.05) is 41.4 Å². The van der Waals surface area contributed by atoms with Gasteiger partial charge in [-0.25, -0.2) is 0 Å². The van der Waals surface area contributed by atoms with Crippen molar-refractivity contribution < 1.29 is 14.5 Å². The summed E-state index contributed by atoms with van der Waals surface area (Å²) in [5, 5.41) is 19.4. The summed E-state index contributed by atoms with van der Waals surface area (Å²) in [5.74, 6) is 0.623. The van der Waals surface area contributed by atoms with Gasteiger partial charge in [0.2, 0.25) is 0 Å². The molecule has 0 fully saturated rings. The summed E-state index contributed by atoms with van der Waals surface area (Å²) < 4.78 is 7.52. The lowest BCUT2D eigenvalue weighted by Crippen LogP contribution is -2.13. The highest BCUT2D eigenvalue weighted by Crippen LogP contribution is 2.25. The van der Waals surface area contributed by atoms with Crippen molar-refractivity contribution in [1.29, 1.82) is 0 Å². The van der Waals surface area contributed by atoms with Crippen molar-refractivity contribution >= 4 is 40.6 Å². The van der Waals surface area contributed by atoms with Gasteiger partial charge in [0.15, 0.2) is 5.82 Å². The first-order valence-corrected chi connectivity index (χ1v) is 11.7. The van der Waals surface area contributed by atoms with Crippen molar-refractivity contribution in [2.24, 2.45) is 0 Å². The number of hydrogen-bond donors (Lipinski definition) is 1. The molecule has 0 radical (unpaired) electrons. The van der Waals surface area contributed by atoms with Crippen molar-refractivity contribution in [3.8, 4) is 5.75 Å². The second-order valence-electron chi connectivity index (χ2n) is 8.21. The molecule has 0 saturated heterocycles. The Labute approximate surface area is 217 Å². The van der Waals surface area contributed by atoms with Crippen molar-refractivity contribution in [3.63, 3.8) is 0 Å². The predicted octanol–water partition coefficient (Wildman–Crippen LogP) is 6.59. The fourth-order valence-corrected chi connectivity index (χ4v) is 4.09. The number of halogens is 2. The van der Waals surface area contributed by atoms with Crippen LogP contribution in [0.3, 0.4) is 0 Å². The van der Waals surface area contributed by atoms with E-state index in [-0.39, 0.29) is 18.2 Å². The molecule has 4 rings (SSSR count). The number of anilines is 1. The fraction of sp³-hybridized carbons (Fsp3) is 0.154. The number of nitrogens with zero attached hydrogens (tertiary/aromatic N) is 3. The summed E-state index contributed by atoms with van der Waals surface area (Å²) in [4.78, 5) is 23.4. The summed E-state index contributed by atoms with van der Waals surface area (Å²) in [6.07, 6.45) is 0. The molecule has 1 heterocycles. The zero-order chi connectivity index (χ0) is 25.8. The maximum atomic E-state index is 12.9. The normalized spacial score (nSPS) is 10.8. The molecule has 0 spiro atoms. The first-order valence-electron chi connectivity index (χ1n) is 11.0. The summed E-state index contributed by atoms with van der Waals surface area (Å²) in [6, 6.07) is 18.7. The van der Waals surface area contributed by atoms with Gasteiger partial charge in [-0.05, 0) is 61.4 Å². The van der Waals surface area contributed by atoms with Crippen LogP contribution in [0.25, 0.3) is 0 Å². The van der Waals surface area contributed by atoms with Gasteiger partial charge in [-0.3, -0.25) is 19.6 Å². The largest absolute Gasteiger partial charge is 0.489 e. The van der Waals surface area contributed by atoms with E-state index in [0.717, 1.165) is 16.8 Å². The monoisotopic (exact) mass is 524 g/mol. The maximum Gasteiger partial charge on any atom is 0.272 e. The zero-order valence-electron chi connectivity index (χ0n) is 19.5. The lowest BCUT2D eigenvalue weighted by atomic mass is 10.1. The van der Waals surface area contributed by atoms with Crippen molar-refractivity contribution in [2.45, 2.75) is 27.0 Å². The van der Waals surface area contributed by atoms with Crippen molar-refractivity contribution in [2.75, 3.05) is 5.32 Å². The second kappa shape index (κ2) is 10.8. The van der Waals surface area contributed by atoms with Crippen LogP contribution in [-0.2, 0) is 13.2 Å². The Hall–Kier alpha value is -3.88. The van der Waals surface area contributed by atoms with E-state index in [1.807, 2.05) is 19.1 Å². The van der Waals surface area contributed by atoms with Crippen molar-refractivity contribution in [1.82, 2.24) is 9.78 Å². The number of benzene rings is 3. The third kappa shape index (κ3) is 6.02. The molecule has 3 aromatic carbocycles. The Balaban J connectivity index is 1.41. The highest BCUT2D eigenvalue weighted by Gasteiger charge is 2.13. The summed E-state index contributed by atoms with van der Waals surface area (Å²) in [6.45, 7) is 4.19. The Morgan fingerprint density at radius 1 is 1.08 bits per heavy atom. The third-order valence-electron chi connectivity index (χ3n) is 5.52. The van der Waals surface area contributed by atoms with E-state index in [2.05, 4.69) is 10.4 Å². The minimum absolute atomic E-state index is 0.0370. The van der Waals surface area contributed by atoms with Crippen LogP contribution >= 0.6 is 23.2 Å². The van der Waals surface area contributed by atoms with Crippen LogP contribution in [0.2, 0.25) is 10.0 Å². The molecular weight excluding hydrogens is 503 g/mol. The molecule has 184 valence electrons. The van der Waals surface area contributed by atoms with E-state index >= 15 is 0 Å². The van der Waals surface area contributed by atoms with Gasteiger partial charge < -0.3 is 10.1 Å². The number of nitrogens with one attached hydrogen (secondary N) is 1. The molecule has 0 aliphatic heterocycles. The lowest BCUT2D eigenvalue weighted by molar-refractivity contribution is -0.385. The minimum atomic E-state index is -0.432. The molecule has 0 aliphatic carbocycles. The van der Waals surface area contributed by atoms with Gasteiger partial charge in [-0.2, -0.15) is 5.10 Å². The SMILES string of the molecule is Cc1cc(OCc2cccc(C(=O)Nc3cc(C)n(Cc4ccc(Cl)cc4Cl)n3)c2)ccc1[N+](=O)[O-]. The van der Waals surface area contributed by atoms with E-state index in [1.54, 1.807) is 60.1 Å². The summed E-state index contributed by atoms with van der Waals surface area (Å²) in [7, 11) is 0. The predicted molar refractivity (Wildman–Crippen MR) is 139 cm³/mol. The van der Waals surface area contributed by atoms with Crippen LogP contribution in [0.1, 0.15) is 32.7 Å². The highest BCUT2D eigenvalue weighted by molar-refractivity contribution is 6.35. The molecule has 0 atom stereocenters. The number of aryl methyl sites for hydroxylation is 2. The molecule has 1 amide bonds. The molecule has 8 nitrogen and oxygen atoms in total. The summed E-state index contributed by atoms with van der Waals surface area (Å²) in [5.41, 5.74) is 3.49. The average Bonchev–Trinajstić information content (AvgIpc) is 3.17. The number of carbonyl (C=O) groups is 1. The van der Waals surface area contributed by atoms with E-state index in [9.17, 15) is 14.9 Å². The number of nitro benzene ring substituents is 1. The molecule has 36 heavy (non-hydrogen) atoms. The molecule has 0 saturated carbocycles. The van der Waals surface area contributed by atoms with Gasteiger partial charge in [0.25, 0.3) is 11.6 Å². The Morgan fingerprint density at radius 2 is 1.89 bits per heavy atom. The molecule has 1 aromatic heterocycles. The van der Waals surface area contributed by atoms with Crippen LogP contribution in [0, 0.1) is 24.0 Å². The van der Waals surface area contributed by atoms with Crippen molar-refractivity contribution in [3.05, 3.63) is 115 Å². The van der Waals surface area contributed by atoms with Gasteiger partial charge in [0, 0.05) is 39.0 Å². The Bertz CT molecular complexity index is 1450. The fourth-order valence-electron chi connectivity index (χ4n) is 3.62. The number of aromatic nitrogens is 2. The number of nitro groups is 1. The molecule has 4 aromatic rings. The molecule has 0 aliphatic rings. The van der Waals surface area contributed by atoms with Gasteiger partial charge >= 0.3 is 0 Å². The topological polar surface area (TPSA) is 99.3 Å². The number of amides is 1. The molecule has 1 N–H and O–H groups in total. The molecule has 0 bridgehead atoms. The summed E-state index contributed by atoms with van der Waals surface area (Å²) >= 11 is 12.2. The first kappa shape index (κ1) is 25.2. The third-order valence-corrected chi connectivity index (χ3v) is 6.10. The van der Waals surface area contributed by atoms with E-state index in [0.29, 0.717) is 39.3 Å². The van der Waals surface area contributed by atoms with Crippen LogP contribution in [0.5, 0.6) is 5.75 Å². The minimum Gasteiger partial charge on any atom is -0.489 e. The Morgan fingerprint density at radius 3 is 2.61 bits per heavy atom. The number of carbonyl (C=O) groups excluding carboxylic acids is 1. The van der Waals surface area contributed by atoms with E-state index in [1.165, 1.54) is 6.07 Å². The second-order valence-corrected chi connectivity index (χ2v) is 9.06. The van der Waals surface area contributed by atoms with E-state index < -0.39 is 4.92 Å². The lowest BCUT2D eigenvalue weighted by Gasteiger charge is -2.09. The van der Waals surface area contributed by atoms with Crippen LogP contribution in [0.4, 0.5) is 11.5 Å². The standard InChI is InChI=1S/C26H22Cl2N4O4/c1-16-10-22(8-9-24(16)32(34)35)36-15-18-4-3-5-19(12-18)26(33)29-25-11-17(2)31(30-25)14-20-6-7-21(27)13-23(20)28/h3-13H,14-15H2,1-2H3,(H,29,30,33). The molecule has 0 unspecified atom stereocenters.